The zero-order valence-electron chi connectivity index (χ0n) is 33.9. The Balaban J connectivity index is 0.915. The molecule has 12 aromatic rings. The molecule has 3 nitrogen and oxygen atoms in total. The molecule has 9 aromatic carbocycles. The van der Waals surface area contributed by atoms with Gasteiger partial charge in [0.05, 0.1) is 33.5 Å². The molecule has 0 radical (unpaired) electrons. The smallest absolute Gasteiger partial charge is 0.0715 e. The summed E-state index contributed by atoms with van der Waals surface area (Å²) in [5.41, 5.74) is 18.3. The number of pyridine rings is 1. The van der Waals surface area contributed by atoms with E-state index in [9.17, 15) is 0 Å². The fraction of sp³-hybridized carbons (Fsp3) is 0. The van der Waals surface area contributed by atoms with E-state index in [0.29, 0.717) is 0 Å². The van der Waals surface area contributed by atoms with Gasteiger partial charge in [-0.15, -0.1) is 0 Å². The van der Waals surface area contributed by atoms with Gasteiger partial charge >= 0.3 is 0 Å². The zero-order valence-corrected chi connectivity index (χ0v) is 33.9. The first-order chi connectivity index (χ1) is 30.7. The van der Waals surface area contributed by atoms with Crippen molar-refractivity contribution in [3.05, 3.63) is 237 Å². The average Bonchev–Trinajstić information content (AvgIpc) is 3.87. The molecule has 0 amide bonds. The summed E-state index contributed by atoms with van der Waals surface area (Å²) >= 11 is 0. The third-order valence-corrected chi connectivity index (χ3v) is 12.3. The summed E-state index contributed by atoms with van der Waals surface area (Å²) < 4.78 is 4.76. The summed E-state index contributed by atoms with van der Waals surface area (Å²) in [5.74, 6) is 0. The van der Waals surface area contributed by atoms with E-state index in [0.717, 1.165) is 33.8 Å². The maximum Gasteiger partial charge on any atom is 0.0715 e. The van der Waals surface area contributed by atoms with Crippen molar-refractivity contribution >= 4 is 43.6 Å². The van der Waals surface area contributed by atoms with Crippen molar-refractivity contribution in [2.45, 2.75) is 0 Å². The fourth-order valence-electron chi connectivity index (χ4n) is 9.33. The summed E-state index contributed by atoms with van der Waals surface area (Å²) in [6.07, 6.45) is 0. The summed E-state index contributed by atoms with van der Waals surface area (Å²) in [4.78, 5) is 5.19. The molecule has 12 rings (SSSR count). The predicted molar refractivity (Wildman–Crippen MR) is 260 cm³/mol. The van der Waals surface area contributed by atoms with Gasteiger partial charge in [-0.2, -0.15) is 0 Å². The van der Waals surface area contributed by atoms with Crippen LogP contribution >= 0.6 is 0 Å². The number of fused-ring (bicyclic) bond motifs is 6. The van der Waals surface area contributed by atoms with Gasteiger partial charge in [0, 0.05) is 44.0 Å². The largest absolute Gasteiger partial charge is 0.309 e. The normalized spacial score (nSPS) is 11.5. The number of benzene rings is 9. The number of hydrogen-bond acceptors (Lipinski definition) is 1. The van der Waals surface area contributed by atoms with Gasteiger partial charge in [0.15, 0.2) is 0 Å². The lowest BCUT2D eigenvalue weighted by molar-refractivity contribution is 1.18. The summed E-state index contributed by atoms with van der Waals surface area (Å²) in [7, 11) is 0. The zero-order chi connectivity index (χ0) is 41.0. The van der Waals surface area contributed by atoms with E-state index in [-0.39, 0.29) is 0 Å². The number of rotatable bonds is 7. The molecule has 0 unspecified atom stereocenters. The quantitative estimate of drug-likeness (QED) is 0.158. The maximum absolute atomic E-state index is 5.19. The highest BCUT2D eigenvalue weighted by molar-refractivity contribution is 6.12. The van der Waals surface area contributed by atoms with Crippen molar-refractivity contribution in [1.82, 2.24) is 14.1 Å². The first kappa shape index (κ1) is 35.7. The Morgan fingerprint density at radius 1 is 0.226 bits per heavy atom. The number of nitrogens with zero attached hydrogens (tertiary/aromatic N) is 3. The van der Waals surface area contributed by atoms with Crippen molar-refractivity contribution in [3.63, 3.8) is 0 Å². The Hall–Kier alpha value is -8.27. The van der Waals surface area contributed by atoms with Crippen LogP contribution in [0.3, 0.4) is 0 Å². The highest BCUT2D eigenvalue weighted by atomic mass is 15.0. The van der Waals surface area contributed by atoms with Crippen LogP contribution in [0.5, 0.6) is 0 Å². The lowest BCUT2D eigenvalue weighted by atomic mass is 9.97. The highest BCUT2D eigenvalue weighted by Gasteiger charge is 2.16. The van der Waals surface area contributed by atoms with Gasteiger partial charge in [0.25, 0.3) is 0 Å². The van der Waals surface area contributed by atoms with Crippen LogP contribution in [0.4, 0.5) is 0 Å². The van der Waals surface area contributed by atoms with Crippen LogP contribution in [0.15, 0.2) is 237 Å². The van der Waals surface area contributed by atoms with Crippen molar-refractivity contribution < 1.29 is 0 Å². The van der Waals surface area contributed by atoms with Crippen molar-refractivity contribution in [2.75, 3.05) is 0 Å². The van der Waals surface area contributed by atoms with E-state index in [4.69, 9.17) is 4.98 Å². The first-order valence-corrected chi connectivity index (χ1v) is 21.2. The second-order valence-electron chi connectivity index (χ2n) is 16.0. The lowest BCUT2D eigenvalue weighted by Crippen LogP contribution is -1.95. The number of para-hydroxylation sites is 3. The van der Waals surface area contributed by atoms with Gasteiger partial charge < -0.3 is 9.13 Å². The van der Waals surface area contributed by atoms with E-state index in [1.54, 1.807) is 0 Å². The highest BCUT2D eigenvalue weighted by Crippen LogP contribution is 2.39. The standard InChI is InChI=1S/C59H39N3/c1-4-15-40(16-5-1)47-38-54(41-17-6-2-7-18-41)60-55(39-47)42-27-31-49(32-28-42)62-57-26-13-11-24-51(57)53-37-46(30-34-59(53)62)44-20-14-19-43(35-44)45-29-33-58-52(36-45)50-23-10-12-25-56(50)61(58)48-21-8-3-9-22-48/h1-39H. The molecule has 0 saturated heterocycles. The van der Waals surface area contributed by atoms with Crippen LogP contribution in [0, 0.1) is 0 Å². The minimum Gasteiger partial charge on any atom is -0.309 e. The van der Waals surface area contributed by atoms with E-state index < -0.39 is 0 Å². The van der Waals surface area contributed by atoms with Crippen LogP contribution in [0.1, 0.15) is 0 Å². The van der Waals surface area contributed by atoms with Gasteiger partial charge in [-0.3, -0.25) is 0 Å². The molecular formula is C59H39N3. The fourth-order valence-corrected chi connectivity index (χ4v) is 9.33. The topological polar surface area (TPSA) is 22.8 Å². The molecular weight excluding hydrogens is 751 g/mol. The van der Waals surface area contributed by atoms with Gasteiger partial charge in [0.1, 0.15) is 0 Å². The van der Waals surface area contributed by atoms with Gasteiger partial charge in [0.2, 0.25) is 0 Å². The second kappa shape index (κ2) is 14.8. The van der Waals surface area contributed by atoms with Crippen LogP contribution in [0.25, 0.3) is 111 Å². The van der Waals surface area contributed by atoms with E-state index >= 15 is 0 Å². The molecule has 0 aliphatic carbocycles. The van der Waals surface area contributed by atoms with Crippen molar-refractivity contribution in [1.29, 1.82) is 0 Å². The monoisotopic (exact) mass is 789 g/mol. The van der Waals surface area contributed by atoms with Crippen LogP contribution in [0.2, 0.25) is 0 Å². The molecule has 62 heavy (non-hydrogen) atoms. The molecule has 0 N–H and O–H groups in total. The SMILES string of the molecule is c1ccc(-c2cc(-c3ccccc3)nc(-c3ccc(-n4c5ccccc5c5cc(-c6cccc(-c7ccc8c(c7)c7ccccc7n8-c7ccccc7)c6)ccc54)cc3)c2)cc1. The van der Waals surface area contributed by atoms with E-state index in [1.807, 2.05) is 6.07 Å². The second-order valence-corrected chi connectivity index (χ2v) is 16.0. The molecule has 3 heterocycles. The molecule has 290 valence electrons. The molecule has 0 fully saturated rings. The van der Waals surface area contributed by atoms with Gasteiger partial charge in [-0.25, -0.2) is 4.98 Å². The number of hydrogen-bond donors (Lipinski definition) is 0. The third kappa shape index (κ3) is 6.10. The lowest BCUT2D eigenvalue weighted by Gasteiger charge is -2.12. The number of aromatic nitrogens is 3. The molecule has 0 saturated carbocycles. The van der Waals surface area contributed by atoms with Crippen LogP contribution in [-0.4, -0.2) is 14.1 Å². The Morgan fingerprint density at radius 2 is 0.613 bits per heavy atom. The third-order valence-electron chi connectivity index (χ3n) is 12.3. The van der Waals surface area contributed by atoms with Crippen molar-refractivity contribution in [2.24, 2.45) is 0 Å². The van der Waals surface area contributed by atoms with E-state index in [2.05, 4.69) is 240 Å². The molecule has 0 aliphatic rings. The Labute approximate surface area is 360 Å². The van der Waals surface area contributed by atoms with Gasteiger partial charge in [-0.05, 0) is 112 Å². The van der Waals surface area contributed by atoms with Crippen molar-refractivity contribution in [3.8, 4) is 67.3 Å². The van der Waals surface area contributed by atoms with E-state index in [1.165, 1.54) is 77.1 Å². The summed E-state index contributed by atoms with van der Waals surface area (Å²) in [6.45, 7) is 0. The predicted octanol–water partition coefficient (Wildman–Crippen LogP) is 15.6. The molecule has 0 spiro atoms. The maximum atomic E-state index is 5.19. The van der Waals surface area contributed by atoms with Crippen LogP contribution in [-0.2, 0) is 0 Å². The summed E-state index contributed by atoms with van der Waals surface area (Å²) in [6, 6.07) is 85.2. The first-order valence-electron chi connectivity index (χ1n) is 21.2. The molecule has 0 aliphatic heterocycles. The molecule has 3 heteroatoms. The molecule has 0 atom stereocenters. The molecule has 3 aromatic heterocycles. The van der Waals surface area contributed by atoms with Gasteiger partial charge in [-0.1, -0.05) is 158 Å². The minimum atomic E-state index is 0.949. The van der Waals surface area contributed by atoms with Crippen LogP contribution < -0.4 is 0 Å². The Morgan fingerprint density at radius 3 is 1.16 bits per heavy atom. The molecule has 0 bridgehead atoms. The Kier molecular flexibility index (Phi) is 8.50. The average molecular weight is 790 g/mol. The summed E-state index contributed by atoms with van der Waals surface area (Å²) in [5, 5.41) is 4.97. The minimum absolute atomic E-state index is 0.949. The Bertz CT molecular complexity index is 3540.